The van der Waals surface area contributed by atoms with Crippen LogP contribution in [0.3, 0.4) is 0 Å². The molecule has 0 saturated heterocycles. The van der Waals surface area contributed by atoms with Crippen molar-refractivity contribution >= 4 is 0 Å². The summed E-state index contributed by atoms with van der Waals surface area (Å²) in [6, 6.07) is -1.36. The lowest BCUT2D eigenvalue weighted by atomic mass is 9.94. The van der Waals surface area contributed by atoms with E-state index in [0.29, 0.717) is 0 Å². The average Bonchev–Trinajstić information content (AvgIpc) is 2.02. The number of rotatable bonds is 2. The molecule has 0 aromatic carbocycles. The van der Waals surface area contributed by atoms with E-state index in [2.05, 4.69) is 0 Å². The molecule has 0 spiro atoms. The van der Waals surface area contributed by atoms with Crippen LogP contribution in [0.15, 0.2) is 23.9 Å². The molecule has 8 heteroatoms. The van der Waals surface area contributed by atoms with Crippen molar-refractivity contribution in [3.63, 3.8) is 0 Å². The minimum atomic E-state index is -2.63. The van der Waals surface area contributed by atoms with Crippen LogP contribution in [-0.2, 0) is 0 Å². The van der Waals surface area contributed by atoms with Crippen molar-refractivity contribution in [3.8, 4) is 0 Å². The fraction of sp³-hybridized carbons (Fsp3) is 0.333. The van der Waals surface area contributed by atoms with E-state index in [1.807, 2.05) is 0 Å². The maximum atomic E-state index is 10.7. The van der Waals surface area contributed by atoms with Crippen molar-refractivity contribution < 1.29 is 9.85 Å². The quantitative estimate of drug-likeness (QED) is 0.332. The SMILES string of the molecule is NC1=CC=CC(N)C1([N+](=O)[O-])[N+](=O)[O-]. The fourth-order valence-corrected chi connectivity index (χ4v) is 1.25. The van der Waals surface area contributed by atoms with Gasteiger partial charge in [0.2, 0.25) is 0 Å². The van der Waals surface area contributed by atoms with Crippen LogP contribution in [0.1, 0.15) is 0 Å². The number of nitrogens with zero attached hydrogens (tertiary/aromatic N) is 2. The molecule has 14 heavy (non-hydrogen) atoms. The molecular weight excluding hydrogens is 192 g/mol. The Morgan fingerprint density at radius 1 is 1.36 bits per heavy atom. The molecule has 1 aliphatic rings. The largest absolute Gasteiger partial charge is 0.515 e. The van der Waals surface area contributed by atoms with E-state index < -0.39 is 27.2 Å². The van der Waals surface area contributed by atoms with Gasteiger partial charge in [-0.3, -0.25) is 20.2 Å². The maximum absolute atomic E-state index is 10.7. The van der Waals surface area contributed by atoms with Gasteiger partial charge in [-0.25, -0.2) is 0 Å². The number of allylic oxidation sites excluding steroid dienone is 2. The van der Waals surface area contributed by atoms with Gasteiger partial charge in [0.15, 0.2) is 11.7 Å². The van der Waals surface area contributed by atoms with E-state index in [1.165, 1.54) is 12.2 Å². The first-order valence-corrected chi connectivity index (χ1v) is 3.63. The molecule has 1 atom stereocenters. The average molecular weight is 200 g/mol. The summed E-state index contributed by atoms with van der Waals surface area (Å²) in [5.41, 5.74) is 7.47. The molecule has 0 aromatic heterocycles. The Morgan fingerprint density at radius 2 is 1.86 bits per heavy atom. The smallest absolute Gasteiger partial charge is 0.390 e. The highest BCUT2D eigenvalue weighted by atomic mass is 16.7. The van der Waals surface area contributed by atoms with Crippen molar-refractivity contribution in [1.29, 1.82) is 0 Å². The van der Waals surface area contributed by atoms with Gasteiger partial charge in [0.05, 0.1) is 0 Å². The van der Waals surface area contributed by atoms with Crippen LogP contribution in [0.4, 0.5) is 0 Å². The third-order valence-corrected chi connectivity index (χ3v) is 2.04. The van der Waals surface area contributed by atoms with Gasteiger partial charge in [-0.2, -0.15) is 0 Å². The summed E-state index contributed by atoms with van der Waals surface area (Å²) in [6.45, 7) is 0. The fourth-order valence-electron chi connectivity index (χ4n) is 1.25. The molecule has 0 heterocycles. The van der Waals surface area contributed by atoms with Crippen LogP contribution >= 0.6 is 0 Å². The number of hydrogen-bond donors (Lipinski definition) is 2. The summed E-state index contributed by atoms with van der Waals surface area (Å²) in [5.74, 6) is 0. The molecule has 0 radical (unpaired) electrons. The second-order valence-corrected chi connectivity index (χ2v) is 2.77. The van der Waals surface area contributed by atoms with Crippen LogP contribution in [0.25, 0.3) is 0 Å². The normalized spacial score (nSPS) is 24.1. The summed E-state index contributed by atoms with van der Waals surface area (Å²) in [6.07, 6.45) is 3.63. The Balaban J connectivity index is 3.35. The Kier molecular flexibility index (Phi) is 2.22. The lowest BCUT2D eigenvalue weighted by Gasteiger charge is -2.22. The molecule has 1 rings (SSSR count). The molecule has 8 nitrogen and oxygen atoms in total. The highest BCUT2D eigenvalue weighted by Gasteiger charge is 2.64. The van der Waals surface area contributed by atoms with Crippen LogP contribution in [-0.4, -0.2) is 21.6 Å². The first kappa shape index (κ1) is 10.1. The molecule has 1 aliphatic carbocycles. The number of hydrogen-bond acceptors (Lipinski definition) is 6. The highest BCUT2D eigenvalue weighted by Crippen LogP contribution is 2.25. The van der Waals surface area contributed by atoms with E-state index >= 15 is 0 Å². The number of nitrogens with two attached hydrogens (primary N) is 2. The monoisotopic (exact) mass is 200 g/mol. The predicted molar refractivity (Wildman–Crippen MR) is 46.1 cm³/mol. The van der Waals surface area contributed by atoms with Gasteiger partial charge < -0.3 is 11.5 Å². The van der Waals surface area contributed by atoms with Crippen molar-refractivity contribution in [1.82, 2.24) is 0 Å². The van der Waals surface area contributed by atoms with Crippen molar-refractivity contribution in [2.24, 2.45) is 11.5 Å². The van der Waals surface area contributed by atoms with Crippen molar-refractivity contribution in [3.05, 3.63) is 44.2 Å². The lowest BCUT2D eigenvalue weighted by molar-refractivity contribution is -0.785. The standard InChI is InChI=1S/C6H8N4O4/c7-4-2-1-3-5(8)6(4,9(11)12)10(13)14/h1-4H,7-8H2. The van der Waals surface area contributed by atoms with E-state index in [1.54, 1.807) is 0 Å². The van der Waals surface area contributed by atoms with Crippen LogP contribution in [0, 0.1) is 20.2 Å². The summed E-state index contributed by atoms with van der Waals surface area (Å²) >= 11 is 0. The van der Waals surface area contributed by atoms with E-state index in [0.717, 1.165) is 6.08 Å². The Morgan fingerprint density at radius 3 is 2.14 bits per heavy atom. The van der Waals surface area contributed by atoms with Gasteiger partial charge in [0.25, 0.3) is 0 Å². The first-order chi connectivity index (χ1) is 6.44. The molecule has 4 N–H and O–H groups in total. The van der Waals surface area contributed by atoms with Crippen molar-refractivity contribution in [2.75, 3.05) is 0 Å². The molecule has 0 aromatic rings. The molecule has 0 fully saturated rings. The lowest BCUT2D eigenvalue weighted by Crippen LogP contribution is -2.62. The van der Waals surface area contributed by atoms with E-state index in [9.17, 15) is 20.2 Å². The van der Waals surface area contributed by atoms with Gasteiger partial charge in [0.1, 0.15) is 9.85 Å². The zero-order valence-electron chi connectivity index (χ0n) is 6.99. The van der Waals surface area contributed by atoms with Gasteiger partial charge in [-0.05, 0) is 6.08 Å². The topological polar surface area (TPSA) is 138 Å². The Labute approximate surface area is 78.2 Å². The minimum absolute atomic E-state index is 0.470. The summed E-state index contributed by atoms with van der Waals surface area (Å²) in [7, 11) is 0. The zero-order valence-corrected chi connectivity index (χ0v) is 6.99. The molecule has 0 aliphatic heterocycles. The van der Waals surface area contributed by atoms with Crippen LogP contribution in [0.2, 0.25) is 0 Å². The molecule has 1 unspecified atom stereocenters. The molecular formula is C6H8N4O4. The van der Waals surface area contributed by atoms with Crippen LogP contribution < -0.4 is 11.5 Å². The second kappa shape index (κ2) is 3.07. The van der Waals surface area contributed by atoms with Gasteiger partial charge >= 0.3 is 5.66 Å². The third-order valence-electron chi connectivity index (χ3n) is 2.04. The maximum Gasteiger partial charge on any atom is 0.515 e. The predicted octanol–water partition coefficient (Wildman–Crippen LogP) is -1.02. The highest BCUT2D eigenvalue weighted by molar-refractivity contribution is 5.27. The van der Waals surface area contributed by atoms with E-state index in [4.69, 9.17) is 11.5 Å². The number of nitro groups is 2. The molecule has 76 valence electrons. The van der Waals surface area contributed by atoms with E-state index in [-0.39, 0.29) is 0 Å². The summed E-state index contributed by atoms with van der Waals surface area (Å²) in [5, 5.41) is 21.3. The molecule has 0 saturated carbocycles. The minimum Gasteiger partial charge on any atom is -0.390 e. The third kappa shape index (κ3) is 1.04. The summed E-state index contributed by atoms with van der Waals surface area (Å²) in [4.78, 5) is 19.2. The molecule has 0 bridgehead atoms. The van der Waals surface area contributed by atoms with Crippen molar-refractivity contribution in [2.45, 2.75) is 11.7 Å². The van der Waals surface area contributed by atoms with Gasteiger partial charge in [0, 0.05) is 0 Å². The second-order valence-electron chi connectivity index (χ2n) is 2.77. The molecule has 0 amide bonds. The van der Waals surface area contributed by atoms with Gasteiger partial charge in [-0.15, -0.1) is 0 Å². The summed E-state index contributed by atoms with van der Waals surface area (Å²) < 4.78 is 0. The first-order valence-electron chi connectivity index (χ1n) is 3.63. The zero-order chi connectivity index (χ0) is 10.9. The Hall–Kier alpha value is -1.96. The Bertz CT molecular complexity index is 334. The van der Waals surface area contributed by atoms with Gasteiger partial charge in [-0.1, -0.05) is 12.2 Å². The van der Waals surface area contributed by atoms with Crippen LogP contribution in [0.5, 0.6) is 0 Å².